The molecular formula is C6H6NaS-. The van der Waals surface area contributed by atoms with Gasteiger partial charge in [0.15, 0.2) is 0 Å². The van der Waals surface area contributed by atoms with Crippen LogP contribution in [0.2, 0.25) is 0 Å². The van der Waals surface area contributed by atoms with E-state index in [1.807, 2.05) is 30.3 Å². The maximum absolute atomic E-state index is 2.89. The molecule has 1 rings (SSSR count). The van der Waals surface area contributed by atoms with Gasteiger partial charge in [-0.2, -0.15) is 36.4 Å². The molecule has 0 saturated carbocycles. The number of rotatable bonds is 0. The van der Waals surface area contributed by atoms with Crippen LogP contribution in [-0.4, -0.2) is 0 Å². The van der Waals surface area contributed by atoms with Crippen molar-refractivity contribution in [2.75, 3.05) is 0 Å². The molecule has 0 aliphatic carbocycles. The molecule has 0 radical (unpaired) electrons. The molecule has 0 atom stereocenters. The first kappa shape index (κ1) is 11.4. The van der Waals surface area contributed by atoms with Gasteiger partial charge in [0.2, 0.25) is 0 Å². The first-order chi connectivity index (χ1) is 3.00. The third-order valence-electron chi connectivity index (χ3n) is 0.607. The second-order valence-electron chi connectivity index (χ2n) is 1.08. The van der Waals surface area contributed by atoms with E-state index in [2.05, 4.69) is 6.07 Å². The molecule has 2 heteroatoms. The van der Waals surface area contributed by atoms with E-state index in [9.17, 15) is 0 Å². The zero-order valence-corrected chi connectivity index (χ0v) is 7.73. The molecule has 0 heterocycles. The molecule has 0 saturated heterocycles. The van der Waals surface area contributed by atoms with Crippen LogP contribution in [0.3, 0.4) is 0 Å². The van der Waals surface area contributed by atoms with Crippen molar-refractivity contribution < 1.29 is 29.6 Å². The Morgan fingerprint density at radius 1 is 0.875 bits per heavy atom. The van der Waals surface area contributed by atoms with E-state index in [4.69, 9.17) is 0 Å². The van der Waals surface area contributed by atoms with Crippen molar-refractivity contribution in [1.82, 2.24) is 0 Å². The first-order valence-corrected chi connectivity index (χ1v) is 1.91. The quantitative estimate of drug-likeness (QED) is 0.174. The fourth-order valence-electron chi connectivity index (χ4n) is 0.342. The van der Waals surface area contributed by atoms with Crippen molar-refractivity contribution in [3.05, 3.63) is 36.4 Å². The average Bonchev–Trinajstić information content (AvgIpc) is 1.72. The summed E-state index contributed by atoms with van der Waals surface area (Å²) in [6.07, 6.45) is 0. The van der Waals surface area contributed by atoms with E-state index in [0.717, 1.165) is 0 Å². The molecule has 0 aliphatic rings. The summed E-state index contributed by atoms with van der Waals surface area (Å²) in [6, 6.07) is 12.5. The van der Waals surface area contributed by atoms with Gasteiger partial charge in [-0.1, -0.05) is 0 Å². The van der Waals surface area contributed by atoms with Crippen molar-refractivity contribution in [2.24, 2.45) is 0 Å². The second kappa shape index (κ2) is 7.57. The molecule has 0 spiro atoms. The monoisotopic (exact) mass is 133 g/mol. The van der Waals surface area contributed by atoms with E-state index in [1.165, 1.54) is 0 Å². The van der Waals surface area contributed by atoms with Crippen LogP contribution in [0.4, 0.5) is 0 Å². The van der Waals surface area contributed by atoms with Crippen LogP contribution in [0.15, 0.2) is 30.3 Å². The van der Waals surface area contributed by atoms with Crippen molar-refractivity contribution in [3.63, 3.8) is 0 Å². The van der Waals surface area contributed by atoms with Gasteiger partial charge in [0.1, 0.15) is 0 Å². The molecule has 0 aromatic heterocycles. The molecule has 38 valence electrons. The Morgan fingerprint density at radius 2 is 1.38 bits per heavy atom. The molecule has 0 fully saturated rings. The summed E-state index contributed by atoms with van der Waals surface area (Å²) < 4.78 is 0. The fourth-order valence-corrected chi connectivity index (χ4v) is 0.342. The Morgan fingerprint density at radius 3 is 1.50 bits per heavy atom. The molecule has 0 nitrogen and oxygen atoms in total. The Labute approximate surface area is 79.0 Å². The minimum Gasteiger partial charge on any atom is -0.813 e. The van der Waals surface area contributed by atoms with Crippen LogP contribution >= 0.6 is 0 Å². The molecule has 8 heavy (non-hydrogen) atoms. The Kier molecular flexibility index (Phi) is 10.8. The largest absolute Gasteiger partial charge is 1.00 e. The smallest absolute Gasteiger partial charge is 0.813 e. The SMILES string of the molecule is [Na+].[SH-].[c-]1ccccc1. The molecule has 1 aromatic rings. The van der Waals surface area contributed by atoms with Crippen molar-refractivity contribution in [1.29, 1.82) is 0 Å². The Balaban J connectivity index is 0. The molecule has 0 amide bonds. The van der Waals surface area contributed by atoms with Crippen LogP contribution in [-0.2, 0) is 13.5 Å². The first-order valence-electron chi connectivity index (χ1n) is 1.91. The van der Waals surface area contributed by atoms with Gasteiger partial charge < -0.3 is 13.5 Å². The molecule has 0 bridgehead atoms. The number of benzene rings is 1. The summed E-state index contributed by atoms with van der Waals surface area (Å²) in [5, 5.41) is 0. The maximum Gasteiger partial charge on any atom is 1.00 e. The van der Waals surface area contributed by atoms with E-state index in [1.54, 1.807) is 0 Å². The Bertz CT molecular complexity index is 80.5. The van der Waals surface area contributed by atoms with E-state index >= 15 is 0 Å². The van der Waals surface area contributed by atoms with Gasteiger partial charge >= 0.3 is 29.6 Å². The van der Waals surface area contributed by atoms with Crippen LogP contribution in [0, 0.1) is 6.07 Å². The van der Waals surface area contributed by atoms with Gasteiger partial charge in [-0.3, -0.25) is 0 Å². The normalized spacial score (nSPS) is 6.00. The van der Waals surface area contributed by atoms with Crippen molar-refractivity contribution in [2.45, 2.75) is 0 Å². The summed E-state index contributed by atoms with van der Waals surface area (Å²) in [4.78, 5) is 0. The molecular weight excluding hydrogens is 127 g/mol. The summed E-state index contributed by atoms with van der Waals surface area (Å²) in [7, 11) is 0. The van der Waals surface area contributed by atoms with Gasteiger partial charge in [0.05, 0.1) is 0 Å². The second-order valence-corrected chi connectivity index (χ2v) is 1.08. The van der Waals surface area contributed by atoms with Crippen LogP contribution in [0.5, 0.6) is 0 Å². The standard InChI is InChI=1S/C6H5.Na.H2S/c1-2-4-6-5-3-1;;/h1-5H;;1H2/q-1;+1;/p-1. The summed E-state index contributed by atoms with van der Waals surface area (Å²) in [6.45, 7) is 0. The van der Waals surface area contributed by atoms with Crippen molar-refractivity contribution in [3.8, 4) is 0 Å². The van der Waals surface area contributed by atoms with Gasteiger partial charge in [-0.05, 0) is 0 Å². The topological polar surface area (TPSA) is 0 Å². The Hall–Kier alpha value is 0.570. The minimum absolute atomic E-state index is 0. The molecule has 0 N–H and O–H groups in total. The van der Waals surface area contributed by atoms with E-state index < -0.39 is 0 Å². The van der Waals surface area contributed by atoms with Gasteiger partial charge in [-0.25, -0.2) is 0 Å². The third-order valence-corrected chi connectivity index (χ3v) is 0.607. The van der Waals surface area contributed by atoms with Crippen LogP contribution < -0.4 is 29.6 Å². The number of hydrogen-bond acceptors (Lipinski definition) is 1. The van der Waals surface area contributed by atoms with Gasteiger partial charge in [-0.15, -0.1) is 0 Å². The van der Waals surface area contributed by atoms with Crippen molar-refractivity contribution >= 4 is 13.5 Å². The summed E-state index contributed by atoms with van der Waals surface area (Å²) >= 11 is 0. The molecule has 0 unspecified atom stereocenters. The van der Waals surface area contributed by atoms with Crippen LogP contribution in [0.25, 0.3) is 0 Å². The predicted octanol–water partition coefficient (Wildman–Crippen LogP) is -1.78. The summed E-state index contributed by atoms with van der Waals surface area (Å²) in [5.41, 5.74) is 0. The van der Waals surface area contributed by atoms with E-state index in [-0.39, 0.29) is 43.1 Å². The minimum atomic E-state index is 0. The average molecular weight is 133 g/mol. The summed E-state index contributed by atoms with van der Waals surface area (Å²) in [5.74, 6) is 0. The molecule has 0 aliphatic heterocycles. The van der Waals surface area contributed by atoms with Gasteiger partial charge in [0, 0.05) is 0 Å². The third kappa shape index (κ3) is 4.72. The number of thiol groups is 1. The zero-order valence-electron chi connectivity index (χ0n) is 4.83. The zero-order chi connectivity index (χ0) is 4.24. The van der Waals surface area contributed by atoms with E-state index in [0.29, 0.717) is 0 Å². The molecule has 1 aromatic carbocycles. The van der Waals surface area contributed by atoms with Crippen LogP contribution in [0.1, 0.15) is 0 Å². The fraction of sp³-hybridized carbons (Fsp3) is 0. The number of hydrogen-bond donors (Lipinski definition) is 0. The predicted molar refractivity (Wildman–Crippen MR) is 34.0 cm³/mol. The van der Waals surface area contributed by atoms with Gasteiger partial charge in [0.25, 0.3) is 0 Å². The maximum atomic E-state index is 2.89.